The Morgan fingerprint density at radius 2 is 2.31 bits per heavy atom. The number of piperidine rings is 1. The van der Waals surface area contributed by atoms with Crippen molar-refractivity contribution < 1.29 is 4.74 Å². The van der Waals surface area contributed by atoms with E-state index in [0.29, 0.717) is 10.9 Å². The topological polar surface area (TPSA) is 21.3 Å². The third-order valence-corrected chi connectivity index (χ3v) is 3.40. The van der Waals surface area contributed by atoms with Gasteiger partial charge in [-0.3, -0.25) is 0 Å². The molecule has 0 radical (unpaired) electrons. The van der Waals surface area contributed by atoms with Crippen molar-refractivity contribution in [2.24, 2.45) is 5.92 Å². The fraction of sp³-hybridized carbons (Fsp3) is 0.500. The maximum absolute atomic E-state index is 5.95. The number of nitrogens with one attached hydrogen (secondary N) is 1. The highest BCUT2D eigenvalue weighted by atomic mass is 79.9. The van der Waals surface area contributed by atoms with Crippen LogP contribution in [-0.4, -0.2) is 19.7 Å². The quantitative estimate of drug-likeness (QED) is 0.923. The van der Waals surface area contributed by atoms with Crippen LogP contribution in [0.5, 0.6) is 5.75 Å². The summed E-state index contributed by atoms with van der Waals surface area (Å²) in [6, 6.07) is 5.65. The third kappa shape index (κ3) is 3.65. The van der Waals surface area contributed by atoms with E-state index in [1.165, 1.54) is 12.8 Å². The van der Waals surface area contributed by atoms with Crippen LogP contribution in [0.4, 0.5) is 0 Å². The SMILES string of the molecule is Clc1cc(Br)cc(OCC2CCCNC2)c1. The van der Waals surface area contributed by atoms with Gasteiger partial charge < -0.3 is 10.1 Å². The van der Waals surface area contributed by atoms with Crippen molar-refractivity contribution in [2.75, 3.05) is 19.7 Å². The summed E-state index contributed by atoms with van der Waals surface area (Å²) in [6.45, 7) is 2.96. The molecule has 88 valence electrons. The Labute approximate surface area is 109 Å². The fourth-order valence-corrected chi connectivity index (χ4v) is 2.72. The molecule has 0 amide bonds. The molecule has 1 N–H and O–H groups in total. The zero-order valence-electron chi connectivity index (χ0n) is 9.01. The van der Waals surface area contributed by atoms with E-state index >= 15 is 0 Å². The van der Waals surface area contributed by atoms with Crippen LogP contribution in [0.3, 0.4) is 0 Å². The number of benzene rings is 1. The predicted molar refractivity (Wildman–Crippen MR) is 70.2 cm³/mol. The minimum Gasteiger partial charge on any atom is -0.493 e. The van der Waals surface area contributed by atoms with Gasteiger partial charge in [0.1, 0.15) is 5.75 Å². The fourth-order valence-electron chi connectivity index (χ4n) is 1.89. The molecule has 1 unspecified atom stereocenters. The van der Waals surface area contributed by atoms with E-state index in [0.717, 1.165) is 29.9 Å². The van der Waals surface area contributed by atoms with Crippen LogP contribution in [0.1, 0.15) is 12.8 Å². The molecule has 1 atom stereocenters. The van der Waals surface area contributed by atoms with E-state index in [9.17, 15) is 0 Å². The molecular weight excluding hydrogens is 289 g/mol. The molecule has 0 bridgehead atoms. The van der Waals surface area contributed by atoms with Gasteiger partial charge in [0.2, 0.25) is 0 Å². The zero-order chi connectivity index (χ0) is 11.4. The van der Waals surface area contributed by atoms with Crippen LogP contribution >= 0.6 is 27.5 Å². The molecule has 2 nitrogen and oxygen atoms in total. The van der Waals surface area contributed by atoms with Gasteiger partial charge in [-0.05, 0) is 37.6 Å². The molecule has 1 aromatic carbocycles. The molecule has 16 heavy (non-hydrogen) atoms. The van der Waals surface area contributed by atoms with Gasteiger partial charge in [0.15, 0.2) is 0 Å². The summed E-state index contributed by atoms with van der Waals surface area (Å²) in [5.74, 6) is 1.46. The van der Waals surface area contributed by atoms with Gasteiger partial charge in [-0.25, -0.2) is 0 Å². The summed E-state index contributed by atoms with van der Waals surface area (Å²) in [5.41, 5.74) is 0. The van der Waals surface area contributed by atoms with E-state index in [-0.39, 0.29) is 0 Å². The van der Waals surface area contributed by atoms with E-state index in [1.54, 1.807) is 0 Å². The molecular formula is C12H15BrClNO. The first-order valence-electron chi connectivity index (χ1n) is 5.53. The lowest BCUT2D eigenvalue weighted by Gasteiger charge is -2.22. The lowest BCUT2D eigenvalue weighted by atomic mass is 10.0. The molecule has 2 rings (SSSR count). The average molecular weight is 305 g/mol. The van der Waals surface area contributed by atoms with Crippen LogP contribution in [0.2, 0.25) is 5.02 Å². The number of rotatable bonds is 3. The van der Waals surface area contributed by atoms with Crippen LogP contribution < -0.4 is 10.1 Å². The first kappa shape index (κ1) is 12.2. The second-order valence-corrected chi connectivity index (χ2v) is 5.48. The highest BCUT2D eigenvalue weighted by Gasteiger charge is 2.13. The van der Waals surface area contributed by atoms with Crippen LogP contribution in [0.25, 0.3) is 0 Å². The van der Waals surface area contributed by atoms with Gasteiger partial charge in [-0.2, -0.15) is 0 Å². The molecule has 0 aromatic heterocycles. The lowest BCUT2D eigenvalue weighted by Crippen LogP contribution is -2.33. The van der Waals surface area contributed by atoms with E-state index in [4.69, 9.17) is 16.3 Å². The Balaban J connectivity index is 1.88. The molecule has 0 saturated carbocycles. The van der Waals surface area contributed by atoms with Gasteiger partial charge in [0.25, 0.3) is 0 Å². The first-order chi connectivity index (χ1) is 7.74. The second kappa shape index (κ2) is 5.89. The molecule has 1 aliphatic rings. The Kier molecular flexibility index (Phi) is 4.50. The number of hydrogen-bond donors (Lipinski definition) is 1. The molecule has 1 heterocycles. The largest absolute Gasteiger partial charge is 0.493 e. The number of ether oxygens (including phenoxy) is 1. The van der Waals surface area contributed by atoms with Crippen LogP contribution in [0.15, 0.2) is 22.7 Å². The molecule has 1 fully saturated rings. The lowest BCUT2D eigenvalue weighted by molar-refractivity contribution is 0.218. The van der Waals surface area contributed by atoms with Crippen molar-refractivity contribution in [1.82, 2.24) is 5.32 Å². The van der Waals surface area contributed by atoms with Gasteiger partial charge in [0.05, 0.1) is 6.61 Å². The summed E-state index contributed by atoms with van der Waals surface area (Å²) in [6.07, 6.45) is 2.49. The molecule has 0 spiro atoms. The van der Waals surface area contributed by atoms with E-state index in [1.807, 2.05) is 18.2 Å². The highest BCUT2D eigenvalue weighted by Crippen LogP contribution is 2.25. The summed E-state index contributed by atoms with van der Waals surface area (Å²) in [7, 11) is 0. The first-order valence-corrected chi connectivity index (χ1v) is 6.71. The van der Waals surface area contributed by atoms with Gasteiger partial charge >= 0.3 is 0 Å². The van der Waals surface area contributed by atoms with Crippen molar-refractivity contribution in [3.05, 3.63) is 27.7 Å². The Hall–Kier alpha value is -0.250. The van der Waals surface area contributed by atoms with Gasteiger partial charge in [-0.15, -0.1) is 0 Å². The van der Waals surface area contributed by atoms with Gasteiger partial charge in [-0.1, -0.05) is 27.5 Å². The average Bonchev–Trinajstić information content (AvgIpc) is 2.27. The van der Waals surface area contributed by atoms with Crippen molar-refractivity contribution >= 4 is 27.5 Å². The van der Waals surface area contributed by atoms with Crippen molar-refractivity contribution in [2.45, 2.75) is 12.8 Å². The third-order valence-electron chi connectivity index (χ3n) is 2.72. The normalized spacial score (nSPS) is 20.8. The molecule has 1 aliphatic heterocycles. The highest BCUT2D eigenvalue weighted by molar-refractivity contribution is 9.10. The Bertz CT molecular complexity index is 333. The molecule has 0 aliphatic carbocycles. The Morgan fingerprint density at radius 3 is 3.00 bits per heavy atom. The van der Waals surface area contributed by atoms with E-state index < -0.39 is 0 Å². The molecule has 4 heteroatoms. The maximum Gasteiger partial charge on any atom is 0.121 e. The summed E-state index contributed by atoms with van der Waals surface area (Å²) in [4.78, 5) is 0. The number of hydrogen-bond acceptors (Lipinski definition) is 2. The standard InChI is InChI=1S/C12H15BrClNO/c13-10-4-11(14)6-12(5-10)16-8-9-2-1-3-15-7-9/h4-6,9,15H,1-3,7-8H2. The van der Waals surface area contributed by atoms with Crippen molar-refractivity contribution in [1.29, 1.82) is 0 Å². The van der Waals surface area contributed by atoms with Crippen molar-refractivity contribution in [3.8, 4) is 5.75 Å². The smallest absolute Gasteiger partial charge is 0.121 e. The second-order valence-electron chi connectivity index (χ2n) is 4.13. The zero-order valence-corrected chi connectivity index (χ0v) is 11.4. The monoisotopic (exact) mass is 303 g/mol. The van der Waals surface area contributed by atoms with Gasteiger partial charge in [0, 0.05) is 22.0 Å². The van der Waals surface area contributed by atoms with Crippen molar-refractivity contribution in [3.63, 3.8) is 0 Å². The summed E-state index contributed by atoms with van der Waals surface area (Å²) in [5, 5.41) is 4.08. The molecule has 1 saturated heterocycles. The Morgan fingerprint density at radius 1 is 1.44 bits per heavy atom. The van der Waals surface area contributed by atoms with E-state index in [2.05, 4.69) is 21.2 Å². The maximum atomic E-state index is 5.95. The summed E-state index contributed by atoms with van der Waals surface area (Å²) < 4.78 is 6.71. The predicted octanol–water partition coefficient (Wildman–Crippen LogP) is 3.48. The summed E-state index contributed by atoms with van der Waals surface area (Å²) >= 11 is 9.35. The van der Waals surface area contributed by atoms with Crippen LogP contribution in [0, 0.1) is 5.92 Å². The number of halogens is 2. The minimum atomic E-state index is 0.617. The van der Waals surface area contributed by atoms with Crippen LogP contribution in [-0.2, 0) is 0 Å². The minimum absolute atomic E-state index is 0.617. The molecule has 1 aromatic rings.